The van der Waals surface area contributed by atoms with Gasteiger partial charge >= 0.3 is 0 Å². The van der Waals surface area contributed by atoms with Crippen LogP contribution in [0.1, 0.15) is 18.4 Å². The molecular formula is C22H19ClN4O2S. The number of amides is 1. The van der Waals surface area contributed by atoms with E-state index in [-0.39, 0.29) is 24.4 Å². The van der Waals surface area contributed by atoms with Gasteiger partial charge < -0.3 is 9.88 Å². The van der Waals surface area contributed by atoms with E-state index in [1.807, 2.05) is 42.6 Å². The number of benzene rings is 2. The van der Waals surface area contributed by atoms with Crippen molar-refractivity contribution in [1.29, 1.82) is 0 Å². The fourth-order valence-electron chi connectivity index (χ4n) is 3.15. The lowest BCUT2D eigenvalue weighted by Gasteiger charge is -2.20. The van der Waals surface area contributed by atoms with Crippen molar-refractivity contribution in [3.05, 3.63) is 80.8 Å². The molecule has 0 unspecified atom stereocenters. The number of likely N-dealkylation sites (N-methyl/N-ethyl adjacent to an activating group) is 1. The third-order valence-electron chi connectivity index (χ3n) is 4.71. The number of para-hydroxylation sites is 1. The fraction of sp³-hybridized carbons (Fsp3) is 0.182. The lowest BCUT2D eigenvalue weighted by molar-refractivity contribution is -0.131. The Labute approximate surface area is 182 Å². The highest BCUT2D eigenvalue weighted by atomic mass is 35.5. The minimum atomic E-state index is -0.203. The normalized spacial score (nSPS) is 11.0. The summed E-state index contributed by atoms with van der Waals surface area (Å²) >= 11 is 7.43. The summed E-state index contributed by atoms with van der Waals surface area (Å²) in [5.41, 5.74) is 2.10. The van der Waals surface area contributed by atoms with E-state index < -0.39 is 0 Å². The van der Waals surface area contributed by atoms with E-state index in [4.69, 9.17) is 11.6 Å². The molecule has 152 valence electrons. The second-order valence-corrected chi connectivity index (χ2v) is 8.06. The number of carbonyl (C=O) groups is 1. The Morgan fingerprint density at radius 2 is 1.90 bits per heavy atom. The number of carbonyl (C=O) groups excluding carboxylic acids is 1. The number of aromatic nitrogens is 3. The summed E-state index contributed by atoms with van der Waals surface area (Å²) in [7, 11) is 0. The van der Waals surface area contributed by atoms with Crippen LogP contribution in [-0.4, -0.2) is 32.3 Å². The molecule has 0 saturated heterocycles. The second kappa shape index (κ2) is 8.77. The molecule has 4 rings (SSSR count). The number of hydrogen-bond acceptors (Lipinski definition) is 5. The molecule has 30 heavy (non-hydrogen) atoms. The van der Waals surface area contributed by atoms with E-state index in [9.17, 15) is 9.59 Å². The number of nitrogens with zero attached hydrogens (tertiary/aromatic N) is 3. The molecular weight excluding hydrogens is 420 g/mol. The monoisotopic (exact) mass is 438 g/mol. The number of fused-ring (bicyclic) bond motifs is 1. The molecule has 0 atom stereocenters. The molecule has 0 aliphatic heterocycles. The van der Waals surface area contributed by atoms with Crippen LogP contribution in [0.3, 0.4) is 0 Å². The summed E-state index contributed by atoms with van der Waals surface area (Å²) in [5.74, 6) is 0.398. The van der Waals surface area contributed by atoms with Gasteiger partial charge in [-0.15, -0.1) is 11.3 Å². The zero-order valence-electron chi connectivity index (χ0n) is 16.3. The standard InChI is InChI=1S/C22H19ClN4O2S/c1-2-27(12-19-25-18-6-4-3-5-17(18)21(29)26-19)20(28)11-16-13-30-22(24-16)14-7-9-15(23)10-8-14/h3-10,13H,2,11-12H2,1H3,(H,25,26,29). The van der Waals surface area contributed by atoms with Gasteiger partial charge in [0.05, 0.1) is 29.6 Å². The van der Waals surface area contributed by atoms with E-state index in [1.54, 1.807) is 23.1 Å². The van der Waals surface area contributed by atoms with Crippen molar-refractivity contribution >= 4 is 39.7 Å². The van der Waals surface area contributed by atoms with Crippen molar-refractivity contribution in [2.24, 2.45) is 0 Å². The largest absolute Gasteiger partial charge is 0.335 e. The molecule has 2 aromatic heterocycles. The maximum atomic E-state index is 12.8. The predicted octanol–water partition coefficient (Wildman–Crippen LogP) is 4.29. The van der Waals surface area contributed by atoms with Crippen molar-refractivity contribution in [2.75, 3.05) is 6.54 Å². The Hall–Kier alpha value is -3.03. The summed E-state index contributed by atoms with van der Waals surface area (Å²) in [4.78, 5) is 38.6. The maximum absolute atomic E-state index is 12.8. The first-order chi connectivity index (χ1) is 14.5. The lowest BCUT2D eigenvalue weighted by Crippen LogP contribution is -2.33. The molecule has 1 amide bonds. The van der Waals surface area contributed by atoms with Gasteiger partial charge in [-0.25, -0.2) is 9.97 Å². The smallest absolute Gasteiger partial charge is 0.258 e. The number of halogens is 1. The zero-order chi connectivity index (χ0) is 21.1. The van der Waals surface area contributed by atoms with Crippen LogP contribution in [0.4, 0.5) is 0 Å². The van der Waals surface area contributed by atoms with Gasteiger partial charge in [0.1, 0.15) is 10.8 Å². The van der Waals surface area contributed by atoms with Gasteiger partial charge in [-0.3, -0.25) is 9.59 Å². The lowest BCUT2D eigenvalue weighted by atomic mass is 10.2. The van der Waals surface area contributed by atoms with E-state index in [0.717, 1.165) is 10.6 Å². The van der Waals surface area contributed by atoms with Crippen LogP contribution >= 0.6 is 22.9 Å². The number of thiazole rings is 1. The van der Waals surface area contributed by atoms with E-state index in [1.165, 1.54) is 11.3 Å². The summed E-state index contributed by atoms with van der Waals surface area (Å²) < 4.78 is 0. The van der Waals surface area contributed by atoms with Crippen LogP contribution in [-0.2, 0) is 17.8 Å². The Bertz CT molecular complexity index is 1250. The minimum absolute atomic E-state index is 0.0683. The molecule has 0 aliphatic rings. The van der Waals surface area contributed by atoms with Crippen LogP contribution in [0.25, 0.3) is 21.5 Å². The molecule has 0 spiro atoms. The third-order valence-corrected chi connectivity index (χ3v) is 5.90. The molecule has 0 aliphatic carbocycles. The average Bonchev–Trinajstić information content (AvgIpc) is 3.21. The predicted molar refractivity (Wildman–Crippen MR) is 120 cm³/mol. The summed E-state index contributed by atoms with van der Waals surface area (Å²) in [5, 5.41) is 3.95. The van der Waals surface area contributed by atoms with E-state index in [2.05, 4.69) is 15.0 Å². The first-order valence-electron chi connectivity index (χ1n) is 9.49. The van der Waals surface area contributed by atoms with Gasteiger partial charge in [0, 0.05) is 22.5 Å². The number of H-pyrrole nitrogens is 1. The second-order valence-electron chi connectivity index (χ2n) is 6.77. The van der Waals surface area contributed by atoms with Crippen molar-refractivity contribution in [1.82, 2.24) is 19.9 Å². The van der Waals surface area contributed by atoms with Crippen LogP contribution in [0.5, 0.6) is 0 Å². The molecule has 0 bridgehead atoms. The maximum Gasteiger partial charge on any atom is 0.258 e. The van der Waals surface area contributed by atoms with Crippen LogP contribution < -0.4 is 5.56 Å². The minimum Gasteiger partial charge on any atom is -0.335 e. The molecule has 0 radical (unpaired) electrons. The molecule has 0 fully saturated rings. The molecule has 1 N–H and O–H groups in total. The van der Waals surface area contributed by atoms with Gasteiger partial charge in [-0.1, -0.05) is 35.9 Å². The zero-order valence-corrected chi connectivity index (χ0v) is 17.8. The third kappa shape index (κ3) is 4.42. The fourth-order valence-corrected chi connectivity index (χ4v) is 4.10. The van der Waals surface area contributed by atoms with Crippen molar-refractivity contribution in [3.8, 4) is 10.6 Å². The summed E-state index contributed by atoms with van der Waals surface area (Å²) in [6.07, 6.45) is 0.190. The number of aromatic amines is 1. The Morgan fingerprint density at radius 3 is 2.67 bits per heavy atom. The molecule has 6 nitrogen and oxygen atoms in total. The van der Waals surface area contributed by atoms with Gasteiger partial charge in [-0.2, -0.15) is 0 Å². The number of hydrogen-bond donors (Lipinski definition) is 1. The SMILES string of the molecule is CCN(Cc1nc2ccccc2c(=O)[nH]1)C(=O)Cc1csc(-c2ccc(Cl)cc2)n1. The molecule has 4 aromatic rings. The molecule has 0 saturated carbocycles. The van der Waals surface area contributed by atoms with E-state index >= 15 is 0 Å². The molecule has 2 aromatic carbocycles. The quantitative estimate of drug-likeness (QED) is 0.487. The highest BCUT2D eigenvalue weighted by molar-refractivity contribution is 7.13. The highest BCUT2D eigenvalue weighted by Gasteiger charge is 2.17. The first kappa shape index (κ1) is 20.3. The number of rotatable bonds is 6. The first-order valence-corrected chi connectivity index (χ1v) is 10.8. The van der Waals surface area contributed by atoms with Crippen LogP contribution in [0.15, 0.2) is 58.7 Å². The Kier molecular flexibility index (Phi) is 5.92. The average molecular weight is 439 g/mol. The molecule has 2 heterocycles. The number of nitrogens with one attached hydrogen (secondary N) is 1. The van der Waals surface area contributed by atoms with E-state index in [0.29, 0.717) is 34.0 Å². The van der Waals surface area contributed by atoms with Gasteiger partial charge in [-0.05, 0) is 31.2 Å². The Morgan fingerprint density at radius 1 is 1.13 bits per heavy atom. The summed E-state index contributed by atoms with van der Waals surface area (Å²) in [6, 6.07) is 14.6. The summed E-state index contributed by atoms with van der Waals surface area (Å²) in [6.45, 7) is 2.64. The Balaban J connectivity index is 1.48. The van der Waals surface area contributed by atoms with Gasteiger partial charge in [0.25, 0.3) is 5.56 Å². The van der Waals surface area contributed by atoms with Gasteiger partial charge in [0.15, 0.2) is 0 Å². The van der Waals surface area contributed by atoms with Gasteiger partial charge in [0.2, 0.25) is 5.91 Å². The van der Waals surface area contributed by atoms with Crippen LogP contribution in [0, 0.1) is 0 Å². The highest BCUT2D eigenvalue weighted by Crippen LogP contribution is 2.25. The van der Waals surface area contributed by atoms with Crippen LogP contribution in [0.2, 0.25) is 5.02 Å². The van der Waals surface area contributed by atoms with Crippen molar-refractivity contribution in [3.63, 3.8) is 0 Å². The molecule has 8 heteroatoms. The van der Waals surface area contributed by atoms with Crippen molar-refractivity contribution < 1.29 is 4.79 Å². The topological polar surface area (TPSA) is 79.0 Å². The van der Waals surface area contributed by atoms with Crippen molar-refractivity contribution in [2.45, 2.75) is 19.9 Å².